The zero-order valence-electron chi connectivity index (χ0n) is 19.5. The van der Waals surface area contributed by atoms with E-state index < -0.39 is 33.7 Å². The van der Waals surface area contributed by atoms with Crippen molar-refractivity contribution in [2.24, 2.45) is 7.05 Å². The minimum atomic E-state index is -3.40. The second-order valence-electron chi connectivity index (χ2n) is 9.15. The molecule has 0 aliphatic carbocycles. The number of fused-ring (bicyclic) bond motifs is 3. The number of H-pyrrole nitrogens is 1. The van der Waals surface area contributed by atoms with E-state index in [0.29, 0.717) is 33.4 Å². The molecule has 1 amide bonds. The number of aliphatic hydroxyl groups excluding tert-OH is 1. The third-order valence-electron chi connectivity index (χ3n) is 6.53. The lowest BCUT2D eigenvalue weighted by Crippen LogP contribution is -2.42. The highest BCUT2D eigenvalue weighted by Crippen LogP contribution is 2.36. The number of benzene rings is 1. The first-order valence-corrected chi connectivity index (χ1v) is 13.3. The fourth-order valence-corrected chi connectivity index (χ4v) is 6.48. The van der Waals surface area contributed by atoms with Crippen LogP contribution in [0.25, 0.3) is 44.3 Å². The van der Waals surface area contributed by atoms with Crippen LogP contribution in [0.3, 0.4) is 0 Å². The molecule has 0 bridgehead atoms. The van der Waals surface area contributed by atoms with Crippen LogP contribution in [0.1, 0.15) is 10.4 Å². The summed E-state index contributed by atoms with van der Waals surface area (Å²) in [6.45, 7) is 0. The number of hydrogen-bond donors (Lipinski definition) is 3. The maximum atomic E-state index is 15.2. The van der Waals surface area contributed by atoms with Gasteiger partial charge in [-0.3, -0.25) is 14.5 Å². The maximum absolute atomic E-state index is 15.2. The van der Waals surface area contributed by atoms with Gasteiger partial charge in [-0.1, -0.05) is 12.1 Å². The fourth-order valence-electron chi connectivity index (χ4n) is 4.73. The summed E-state index contributed by atoms with van der Waals surface area (Å²) in [5.41, 5.74) is 3.81. The zero-order valence-corrected chi connectivity index (χ0v) is 20.3. The van der Waals surface area contributed by atoms with E-state index in [1.807, 2.05) is 19.3 Å². The lowest BCUT2D eigenvalue weighted by Gasteiger charge is -2.15. The van der Waals surface area contributed by atoms with Crippen molar-refractivity contribution in [3.05, 3.63) is 66.5 Å². The number of aromatic amines is 1. The first-order chi connectivity index (χ1) is 17.7. The van der Waals surface area contributed by atoms with E-state index >= 15 is 4.39 Å². The van der Waals surface area contributed by atoms with Gasteiger partial charge in [0.05, 0.1) is 53.5 Å². The Bertz CT molecular complexity index is 1800. The molecule has 1 aliphatic heterocycles. The van der Waals surface area contributed by atoms with Crippen LogP contribution in [0.15, 0.2) is 55.1 Å². The molecule has 4 aromatic heterocycles. The standard InChI is InChI=1S/C25H21FN6O4S/c1-32-10-15(7-29-32)18-6-16-19(9-27-18)30-24-23(16)22(17(26)8-28-24)13-2-4-14(5-3-13)25(34)31-20-11-37(35,36)12-21(20)33/h2-10,20-21,33H,11-12H2,1H3,(H,28,30)(H,31,34)/t20-,21+/m0/s1. The number of rotatable bonds is 4. The first-order valence-electron chi connectivity index (χ1n) is 11.4. The third kappa shape index (κ3) is 4.13. The van der Waals surface area contributed by atoms with Crippen molar-refractivity contribution in [2.75, 3.05) is 11.5 Å². The molecule has 1 aromatic carbocycles. The molecular formula is C25H21FN6O4S. The molecule has 0 saturated carbocycles. The van der Waals surface area contributed by atoms with Crippen molar-refractivity contribution >= 4 is 37.7 Å². The monoisotopic (exact) mass is 520 g/mol. The van der Waals surface area contributed by atoms with Crippen LogP contribution in [0, 0.1) is 5.82 Å². The minimum Gasteiger partial charge on any atom is -0.390 e. The van der Waals surface area contributed by atoms with Crippen LogP contribution in [0.2, 0.25) is 0 Å². The van der Waals surface area contributed by atoms with Gasteiger partial charge in [-0.2, -0.15) is 5.10 Å². The summed E-state index contributed by atoms with van der Waals surface area (Å²) in [4.78, 5) is 24.6. The van der Waals surface area contributed by atoms with Gasteiger partial charge >= 0.3 is 0 Å². The average molecular weight is 521 g/mol. The molecule has 10 nitrogen and oxygen atoms in total. The summed E-state index contributed by atoms with van der Waals surface area (Å²) in [7, 11) is -1.59. The summed E-state index contributed by atoms with van der Waals surface area (Å²) < 4.78 is 40.3. The van der Waals surface area contributed by atoms with Crippen LogP contribution in [0.4, 0.5) is 4.39 Å². The molecule has 12 heteroatoms. The SMILES string of the molecule is Cn1cc(-c2cc3c(cn2)[nH]c2ncc(F)c(-c4ccc(C(=O)N[C@H]5CS(=O)(=O)C[C@H]5O)cc4)c23)cn1. The summed E-state index contributed by atoms with van der Waals surface area (Å²) in [5.74, 6) is -1.73. The molecule has 2 atom stereocenters. The average Bonchev–Trinajstić information content (AvgIpc) is 3.53. The maximum Gasteiger partial charge on any atom is 0.251 e. The van der Waals surface area contributed by atoms with E-state index in [4.69, 9.17) is 0 Å². The van der Waals surface area contributed by atoms with Gasteiger partial charge in [0.1, 0.15) is 11.5 Å². The molecule has 1 fully saturated rings. The lowest BCUT2D eigenvalue weighted by atomic mass is 9.99. The van der Waals surface area contributed by atoms with Gasteiger partial charge in [0.15, 0.2) is 9.84 Å². The largest absolute Gasteiger partial charge is 0.390 e. The first kappa shape index (κ1) is 23.3. The number of hydrogen-bond acceptors (Lipinski definition) is 7. The Morgan fingerprint density at radius 3 is 2.59 bits per heavy atom. The summed E-state index contributed by atoms with van der Waals surface area (Å²) in [6, 6.07) is 7.29. The number of nitrogens with zero attached hydrogens (tertiary/aromatic N) is 4. The molecule has 1 aliphatic rings. The van der Waals surface area contributed by atoms with Gasteiger partial charge in [-0.05, 0) is 23.8 Å². The minimum absolute atomic E-state index is 0.257. The predicted octanol–water partition coefficient (Wildman–Crippen LogP) is 2.21. The van der Waals surface area contributed by atoms with Crippen molar-refractivity contribution in [1.82, 2.24) is 30.0 Å². The van der Waals surface area contributed by atoms with Crippen LogP contribution < -0.4 is 5.32 Å². The number of sulfone groups is 1. The molecule has 6 rings (SSSR count). The molecule has 0 spiro atoms. The summed E-state index contributed by atoms with van der Waals surface area (Å²) in [6.07, 6.45) is 5.20. The fraction of sp³-hybridized carbons (Fsp3) is 0.200. The highest BCUT2D eigenvalue weighted by molar-refractivity contribution is 7.91. The Morgan fingerprint density at radius 1 is 1.14 bits per heavy atom. The van der Waals surface area contributed by atoms with E-state index in [-0.39, 0.29) is 17.1 Å². The van der Waals surface area contributed by atoms with E-state index in [0.717, 1.165) is 17.1 Å². The van der Waals surface area contributed by atoms with Crippen LogP contribution >= 0.6 is 0 Å². The summed E-state index contributed by atoms with van der Waals surface area (Å²) >= 11 is 0. The van der Waals surface area contributed by atoms with E-state index in [9.17, 15) is 18.3 Å². The van der Waals surface area contributed by atoms with E-state index in [2.05, 4.69) is 25.4 Å². The Morgan fingerprint density at radius 2 is 1.92 bits per heavy atom. The van der Waals surface area contributed by atoms with Gasteiger partial charge in [0.25, 0.3) is 5.91 Å². The van der Waals surface area contributed by atoms with Crippen molar-refractivity contribution in [3.8, 4) is 22.4 Å². The molecule has 3 N–H and O–H groups in total. The number of halogens is 1. The van der Waals surface area contributed by atoms with Crippen molar-refractivity contribution in [1.29, 1.82) is 0 Å². The molecule has 188 valence electrons. The highest BCUT2D eigenvalue weighted by Gasteiger charge is 2.37. The topological polar surface area (TPSA) is 143 Å². The molecule has 1 saturated heterocycles. The Hall–Kier alpha value is -4.16. The van der Waals surface area contributed by atoms with Gasteiger partial charge < -0.3 is 15.4 Å². The quantitative estimate of drug-likeness (QED) is 0.330. The number of aromatic nitrogens is 5. The highest BCUT2D eigenvalue weighted by atomic mass is 32.2. The van der Waals surface area contributed by atoms with Gasteiger partial charge in [-0.15, -0.1) is 0 Å². The molecule has 5 heterocycles. The van der Waals surface area contributed by atoms with Crippen molar-refractivity contribution in [3.63, 3.8) is 0 Å². The predicted molar refractivity (Wildman–Crippen MR) is 135 cm³/mol. The van der Waals surface area contributed by atoms with Crippen LogP contribution in [-0.4, -0.2) is 67.8 Å². The number of aliphatic hydroxyl groups is 1. The third-order valence-corrected chi connectivity index (χ3v) is 8.25. The van der Waals surface area contributed by atoms with Gasteiger partial charge in [0.2, 0.25) is 0 Å². The van der Waals surface area contributed by atoms with Crippen LogP contribution in [0.5, 0.6) is 0 Å². The molecule has 5 aromatic rings. The number of carbonyl (C=O) groups is 1. The summed E-state index contributed by atoms with van der Waals surface area (Å²) in [5, 5.41) is 18.0. The Kier molecular flexibility index (Phi) is 5.31. The van der Waals surface area contributed by atoms with E-state index in [1.165, 1.54) is 12.1 Å². The smallest absolute Gasteiger partial charge is 0.251 e. The Labute approximate surface area is 210 Å². The molecule has 37 heavy (non-hydrogen) atoms. The molecule has 0 radical (unpaired) electrons. The lowest BCUT2D eigenvalue weighted by molar-refractivity contribution is 0.0889. The second-order valence-corrected chi connectivity index (χ2v) is 11.3. The second kappa shape index (κ2) is 8.46. The van der Waals surface area contributed by atoms with Gasteiger partial charge in [0, 0.05) is 40.7 Å². The number of aryl methyl sites for hydroxylation is 1. The Balaban J connectivity index is 1.38. The number of carbonyl (C=O) groups excluding carboxylic acids is 1. The van der Waals surface area contributed by atoms with Gasteiger partial charge in [-0.25, -0.2) is 17.8 Å². The number of pyridine rings is 2. The van der Waals surface area contributed by atoms with E-state index in [1.54, 1.807) is 29.2 Å². The zero-order chi connectivity index (χ0) is 25.9. The number of amides is 1. The molecule has 0 unspecified atom stereocenters. The van der Waals surface area contributed by atoms with Crippen molar-refractivity contribution in [2.45, 2.75) is 12.1 Å². The molecular weight excluding hydrogens is 499 g/mol. The van der Waals surface area contributed by atoms with Crippen LogP contribution in [-0.2, 0) is 16.9 Å². The normalized spacial score (nSPS) is 19.0. The van der Waals surface area contributed by atoms with Crippen molar-refractivity contribution < 1.29 is 22.7 Å². The number of nitrogens with one attached hydrogen (secondary N) is 2.